The van der Waals surface area contributed by atoms with Gasteiger partial charge in [-0.1, -0.05) is 6.07 Å². The minimum Gasteiger partial charge on any atom is -0.357 e. The Balaban J connectivity index is 1.92. The summed E-state index contributed by atoms with van der Waals surface area (Å²) in [5.74, 6) is 0.944. The van der Waals surface area contributed by atoms with Crippen LogP contribution in [0.5, 0.6) is 0 Å². The summed E-state index contributed by atoms with van der Waals surface area (Å²) in [4.78, 5) is 12.7. The smallest absolute Gasteiger partial charge is 0.194 e. The molecule has 2 heterocycles. The summed E-state index contributed by atoms with van der Waals surface area (Å²) in [7, 11) is 2.06. The standard InChI is InChI=1S/C15H22N4S2/c1-4-16-15(17-8-7-14-6-5-9-20-14)19(3)10-13-11-21-12(2)18-13/h5-6,9,11H,4,7-8,10H2,1-3H3,(H,16,17). The minimum absolute atomic E-state index is 0.787. The van der Waals surface area contributed by atoms with E-state index in [2.05, 4.69) is 52.1 Å². The number of nitrogens with one attached hydrogen (secondary N) is 1. The Morgan fingerprint density at radius 1 is 1.43 bits per heavy atom. The van der Waals surface area contributed by atoms with Crippen molar-refractivity contribution >= 4 is 28.6 Å². The summed E-state index contributed by atoms with van der Waals surface area (Å²) < 4.78 is 0. The van der Waals surface area contributed by atoms with Gasteiger partial charge >= 0.3 is 0 Å². The van der Waals surface area contributed by atoms with E-state index in [1.54, 1.807) is 22.7 Å². The lowest BCUT2D eigenvalue weighted by atomic mass is 10.3. The number of rotatable bonds is 6. The number of hydrogen-bond donors (Lipinski definition) is 1. The van der Waals surface area contributed by atoms with E-state index in [0.717, 1.165) is 42.7 Å². The Morgan fingerprint density at radius 3 is 2.90 bits per heavy atom. The van der Waals surface area contributed by atoms with Gasteiger partial charge in [0.25, 0.3) is 0 Å². The van der Waals surface area contributed by atoms with E-state index in [9.17, 15) is 0 Å². The Kier molecular flexibility index (Phi) is 6.20. The van der Waals surface area contributed by atoms with Gasteiger partial charge in [0.2, 0.25) is 0 Å². The van der Waals surface area contributed by atoms with Crippen LogP contribution in [0.2, 0.25) is 0 Å². The molecule has 0 unspecified atom stereocenters. The molecular weight excluding hydrogens is 300 g/mol. The summed E-state index contributed by atoms with van der Waals surface area (Å²) in [5, 5.41) is 8.68. The predicted octanol–water partition coefficient (Wildman–Crippen LogP) is 3.15. The second-order valence-electron chi connectivity index (χ2n) is 4.78. The van der Waals surface area contributed by atoms with E-state index in [0.29, 0.717) is 0 Å². The largest absolute Gasteiger partial charge is 0.357 e. The topological polar surface area (TPSA) is 40.5 Å². The number of thiophene rings is 1. The van der Waals surface area contributed by atoms with Crippen LogP contribution in [0.15, 0.2) is 27.9 Å². The molecule has 0 amide bonds. The van der Waals surface area contributed by atoms with Crippen LogP contribution in [-0.4, -0.2) is 36.0 Å². The maximum Gasteiger partial charge on any atom is 0.194 e. The van der Waals surface area contributed by atoms with Gasteiger partial charge in [-0.2, -0.15) is 0 Å². The maximum absolute atomic E-state index is 4.70. The van der Waals surface area contributed by atoms with Crippen molar-refractivity contribution in [1.82, 2.24) is 15.2 Å². The van der Waals surface area contributed by atoms with Gasteiger partial charge in [-0.25, -0.2) is 4.98 Å². The maximum atomic E-state index is 4.70. The van der Waals surface area contributed by atoms with Crippen molar-refractivity contribution in [2.24, 2.45) is 4.99 Å². The third-order valence-electron chi connectivity index (χ3n) is 2.96. The van der Waals surface area contributed by atoms with Crippen LogP contribution in [-0.2, 0) is 13.0 Å². The summed E-state index contributed by atoms with van der Waals surface area (Å²) in [6, 6.07) is 4.25. The number of nitrogens with zero attached hydrogens (tertiary/aromatic N) is 3. The highest BCUT2D eigenvalue weighted by atomic mass is 32.1. The quantitative estimate of drug-likeness (QED) is 0.656. The molecule has 1 N–H and O–H groups in total. The van der Waals surface area contributed by atoms with Crippen LogP contribution in [0.25, 0.3) is 0 Å². The number of thiazole rings is 1. The Bertz CT molecular complexity index is 560. The molecule has 2 rings (SSSR count). The molecule has 0 radical (unpaired) electrons. The van der Waals surface area contributed by atoms with E-state index in [-0.39, 0.29) is 0 Å². The minimum atomic E-state index is 0.787. The van der Waals surface area contributed by atoms with Crippen LogP contribution in [0, 0.1) is 6.92 Å². The molecule has 0 bridgehead atoms. The summed E-state index contributed by atoms with van der Waals surface area (Å²) >= 11 is 3.48. The van der Waals surface area contributed by atoms with Gasteiger partial charge in [-0.3, -0.25) is 4.99 Å². The van der Waals surface area contributed by atoms with Crippen LogP contribution in [0.4, 0.5) is 0 Å². The molecular formula is C15H22N4S2. The Morgan fingerprint density at radius 2 is 2.29 bits per heavy atom. The SMILES string of the molecule is CCNC(=NCCc1cccs1)N(C)Cc1csc(C)n1. The summed E-state index contributed by atoms with van der Waals surface area (Å²) in [6.07, 6.45) is 0.996. The molecule has 2 aromatic heterocycles. The highest BCUT2D eigenvalue weighted by Gasteiger charge is 2.08. The first kappa shape index (κ1) is 16.0. The van der Waals surface area contributed by atoms with E-state index in [1.807, 2.05) is 6.92 Å². The van der Waals surface area contributed by atoms with Crippen molar-refractivity contribution in [1.29, 1.82) is 0 Å². The van der Waals surface area contributed by atoms with Crippen LogP contribution in [0.3, 0.4) is 0 Å². The first-order valence-electron chi connectivity index (χ1n) is 7.12. The fraction of sp³-hybridized carbons (Fsp3) is 0.467. The zero-order chi connectivity index (χ0) is 15.1. The molecule has 0 aromatic carbocycles. The van der Waals surface area contributed by atoms with Gasteiger partial charge in [0.1, 0.15) is 0 Å². The zero-order valence-electron chi connectivity index (χ0n) is 12.8. The second kappa shape index (κ2) is 8.14. The van der Waals surface area contributed by atoms with Gasteiger partial charge in [0.05, 0.1) is 17.2 Å². The summed E-state index contributed by atoms with van der Waals surface area (Å²) in [5.41, 5.74) is 1.10. The fourth-order valence-corrected chi connectivity index (χ4v) is 3.30. The van der Waals surface area contributed by atoms with Crippen molar-refractivity contribution in [2.75, 3.05) is 20.1 Å². The Labute approximate surface area is 134 Å². The van der Waals surface area contributed by atoms with Gasteiger partial charge in [-0.05, 0) is 25.3 Å². The molecule has 21 heavy (non-hydrogen) atoms. The van der Waals surface area contributed by atoms with Crippen molar-refractivity contribution < 1.29 is 0 Å². The average molecular weight is 323 g/mol. The Hall–Kier alpha value is -1.40. The molecule has 0 atom stereocenters. The molecule has 114 valence electrons. The molecule has 0 aliphatic carbocycles. The molecule has 4 nitrogen and oxygen atoms in total. The van der Waals surface area contributed by atoms with Crippen molar-refractivity contribution in [3.05, 3.63) is 38.5 Å². The molecule has 0 aliphatic rings. The average Bonchev–Trinajstić information content (AvgIpc) is 3.10. The van der Waals surface area contributed by atoms with Gasteiger partial charge in [0, 0.05) is 36.8 Å². The lowest BCUT2D eigenvalue weighted by Crippen LogP contribution is -2.38. The van der Waals surface area contributed by atoms with E-state index >= 15 is 0 Å². The fourth-order valence-electron chi connectivity index (χ4n) is 2.00. The zero-order valence-corrected chi connectivity index (χ0v) is 14.4. The van der Waals surface area contributed by atoms with Crippen molar-refractivity contribution in [3.8, 4) is 0 Å². The second-order valence-corrected chi connectivity index (χ2v) is 6.87. The highest BCUT2D eigenvalue weighted by molar-refractivity contribution is 7.10. The molecule has 0 saturated heterocycles. The number of aryl methyl sites for hydroxylation is 1. The number of hydrogen-bond acceptors (Lipinski definition) is 4. The van der Waals surface area contributed by atoms with Crippen LogP contribution < -0.4 is 5.32 Å². The number of aliphatic imine (C=N–C) groups is 1. The van der Waals surface area contributed by atoms with E-state index in [4.69, 9.17) is 4.99 Å². The summed E-state index contributed by atoms with van der Waals surface area (Å²) in [6.45, 7) is 6.60. The first-order chi connectivity index (χ1) is 10.2. The number of aromatic nitrogens is 1. The molecule has 0 saturated carbocycles. The van der Waals surface area contributed by atoms with Crippen molar-refractivity contribution in [2.45, 2.75) is 26.8 Å². The van der Waals surface area contributed by atoms with E-state index < -0.39 is 0 Å². The molecule has 0 fully saturated rings. The lowest BCUT2D eigenvalue weighted by Gasteiger charge is -2.21. The normalized spacial score (nSPS) is 11.7. The van der Waals surface area contributed by atoms with Crippen molar-refractivity contribution in [3.63, 3.8) is 0 Å². The highest BCUT2D eigenvalue weighted by Crippen LogP contribution is 2.11. The van der Waals surface area contributed by atoms with Gasteiger partial charge in [0.15, 0.2) is 5.96 Å². The molecule has 6 heteroatoms. The lowest BCUT2D eigenvalue weighted by molar-refractivity contribution is 0.471. The number of guanidine groups is 1. The third kappa shape index (κ3) is 5.13. The van der Waals surface area contributed by atoms with Crippen LogP contribution in [0.1, 0.15) is 22.5 Å². The molecule has 0 aliphatic heterocycles. The van der Waals surface area contributed by atoms with Gasteiger partial charge in [-0.15, -0.1) is 22.7 Å². The first-order valence-corrected chi connectivity index (χ1v) is 8.87. The monoisotopic (exact) mass is 322 g/mol. The van der Waals surface area contributed by atoms with E-state index in [1.165, 1.54) is 4.88 Å². The van der Waals surface area contributed by atoms with Gasteiger partial charge < -0.3 is 10.2 Å². The molecule has 0 spiro atoms. The third-order valence-corrected chi connectivity index (χ3v) is 4.72. The predicted molar refractivity (Wildman–Crippen MR) is 92.3 cm³/mol. The van der Waals surface area contributed by atoms with Crippen LogP contribution >= 0.6 is 22.7 Å². The molecule has 2 aromatic rings.